The number of pyridine rings is 1. The third kappa shape index (κ3) is 2.19. The average Bonchev–Trinajstić information content (AvgIpc) is 2.22. The first-order chi connectivity index (χ1) is 7.25. The maximum Gasteiger partial charge on any atom is 0.239 e. The van der Waals surface area contributed by atoms with Gasteiger partial charge in [-0.05, 0) is 19.1 Å². The Morgan fingerprint density at radius 2 is 2.20 bits per heavy atom. The lowest BCUT2D eigenvalue weighted by molar-refractivity contribution is 0.455. The molecule has 0 saturated carbocycles. The molecule has 0 aliphatic carbocycles. The second kappa shape index (κ2) is 3.91. The number of hydrogen-bond donors (Lipinski definition) is 1. The lowest BCUT2D eigenvalue weighted by atomic mass is 10.3. The molecule has 0 radical (unpaired) electrons. The molecule has 2 aromatic heterocycles. The Kier molecular flexibility index (Phi) is 2.45. The largest absolute Gasteiger partial charge is 0.436 e. The maximum absolute atomic E-state index is 5.48. The van der Waals surface area contributed by atoms with Crippen molar-refractivity contribution in [3.8, 4) is 11.6 Å². The van der Waals surface area contributed by atoms with Gasteiger partial charge in [0.1, 0.15) is 5.82 Å². The molecule has 0 fully saturated rings. The van der Waals surface area contributed by atoms with E-state index in [2.05, 4.69) is 15.0 Å². The summed E-state index contributed by atoms with van der Waals surface area (Å²) in [6.07, 6.45) is 4.67. The van der Waals surface area contributed by atoms with Crippen molar-refractivity contribution in [1.29, 1.82) is 0 Å². The predicted octanol–water partition coefficient (Wildman–Crippen LogP) is 1.55. The molecule has 0 unspecified atom stereocenters. The Bertz CT molecular complexity index is 472. The van der Waals surface area contributed by atoms with E-state index in [-0.39, 0.29) is 0 Å². The number of nitrogens with zero attached hydrogens (tertiary/aromatic N) is 3. The molecule has 2 N–H and O–H groups in total. The topological polar surface area (TPSA) is 73.9 Å². The molecule has 2 aromatic rings. The standard InChI is InChI=1S/C10H10N4O/c1-7-8(3-2-4-13-7)15-10-6-12-5-9(11)14-10/h2-6H,1H3,(H2,11,14). The van der Waals surface area contributed by atoms with Crippen LogP contribution in [0.2, 0.25) is 0 Å². The van der Waals surface area contributed by atoms with Gasteiger partial charge in [-0.1, -0.05) is 0 Å². The van der Waals surface area contributed by atoms with Crippen LogP contribution in [0.5, 0.6) is 11.6 Å². The highest BCUT2D eigenvalue weighted by Crippen LogP contribution is 2.20. The minimum atomic E-state index is 0.328. The first kappa shape index (κ1) is 9.39. The van der Waals surface area contributed by atoms with Gasteiger partial charge in [0.25, 0.3) is 0 Å². The van der Waals surface area contributed by atoms with Crippen LogP contribution in [0.3, 0.4) is 0 Å². The molecule has 0 spiro atoms. The van der Waals surface area contributed by atoms with E-state index in [0.29, 0.717) is 17.4 Å². The van der Waals surface area contributed by atoms with Gasteiger partial charge < -0.3 is 10.5 Å². The summed E-state index contributed by atoms with van der Waals surface area (Å²) in [5.41, 5.74) is 6.27. The summed E-state index contributed by atoms with van der Waals surface area (Å²) in [5.74, 6) is 1.34. The Hall–Kier alpha value is -2.17. The lowest BCUT2D eigenvalue weighted by Gasteiger charge is -2.05. The molecule has 2 rings (SSSR count). The molecule has 0 aliphatic heterocycles. The van der Waals surface area contributed by atoms with Crippen LogP contribution in [0.25, 0.3) is 0 Å². The molecule has 2 heterocycles. The van der Waals surface area contributed by atoms with Crippen LogP contribution < -0.4 is 10.5 Å². The minimum Gasteiger partial charge on any atom is -0.436 e. The summed E-state index contributed by atoms with van der Waals surface area (Å²) in [7, 11) is 0. The lowest BCUT2D eigenvalue weighted by Crippen LogP contribution is -1.96. The van der Waals surface area contributed by atoms with E-state index < -0.39 is 0 Å². The van der Waals surface area contributed by atoms with Crippen LogP contribution >= 0.6 is 0 Å². The van der Waals surface area contributed by atoms with Gasteiger partial charge in [0.05, 0.1) is 18.1 Å². The number of hydrogen-bond acceptors (Lipinski definition) is 5. The van der Waals surface area contributed by atoms with Gasteiger partial charge in [-0.2, -0.15) is 4.98 Å². The highest BCUT2D eigenvalue weighted by atomic mass is 16.5. The fraction of sp³-hybridized carbons (Fsp3) is 0.100. The first-order valence-electron chi connectivity index (χ1n) is 4.43. The number of rotatable bonds is 2. The van der Waals surface area contributed by atoms with Gasteiger partial charge in [0.15, 0.2) is 5.75 Å². The molecule has 0 aliphatic rings. The van der Waals surface area contributed by atoms with Crippen molar-refractivity contribution in [3.05, 3.63) is 36.4 Å². The molecule has 0 amide bonds. The van der Waals surface area contributed by atoms with Gasteiger partial charge in [0.2, 0.25) is 5.88 Å². The van der Waals surface area contributed by atoms with E-state index in [1.54, 1.807) is 12.3 Å². The summed E-state index contributed by atoms with van der Waals surface area (Å²) in [6.45, 7) is 1.86. The summed E-state index contributed by atoms with van der Waals surface area (Å²) in [6, 6.07) is 3.61. The van der Waals surface area contributed by atoms with Crippen molar-refractivity contribution in [3.63, 3.8) is 0 Å². The highest BCUT2D eigenvalue weighted by Gasteiger charge is 2.02. The average molecular weight is 202 g/mol. The fourth-order valence-corrected chi connectivity index (χ4v) is 1.10. The number of aryl methyl sites for hydroxylation is 1. The predicted molar refractivity (Wildman–Crippen MR) is 55.5 cm³/mol. The van der Waals surface area contributed by atoms with Crippen LogP contribution in [0.4, 0.5) is 5.82 Å². The number of ether oxygens (including phenoxy) is 1. The van der Waals surface area contributed by atoms with E-state index in [0.717, 1.165) is 5.69 Å². The number of anilines is 1. The van der Waals surface area contributed by atoms with Crippen LogP contribution in [0, 0.1) is 6.92 Å². The van der Waals surface area contributed by atoms with Gasteiger partial charge in [0, 0.05) is 6.20 Å². The van der Waals surface area contributed by atoms with Crippen molar-refractivity contribution in [2.24, 2.45) is 0 Å². The summed E-state index contributed by atoms with van der Waals surface area (Å²) < 4.78 is 5.47. The summed E-state index contributed by atoms with van der Waals surface area (Å²) in [5, 5.41) is 0. The fourth-order valence-electron chi connectivity index (χ4n) is 1.10. The van der Waals surface area contributed by atoms with Crippen molar-refractivity contribution >= 4 is 5.82 Å². The molecular formula is C10H10N4O. The van der Waals surface area contributed by atoms with Crippen LogP contribution in [-0.4, -0.2) is 15.0 Å². The van der Waals surface area contributed by atoms with E-state index in [1.807, 2.05) is 13.0 Å². The molecule has 0 bridgehead atoms. The third-order valence-corrected chi connectivity index (χ3v) is 1.80. The molecule has 0 aromatic carbocycles. The van der Waals surface area contributed by atoms with Crippen molar-refractivity contribution in [2.45, 2.75) is 6.92 Å². The Morgan fingerprint density at radius 3 is 2.93 bits per heavy atom. The number of nitrogen functional groups attached to an aromatic ring is 1. The van der Waals surface area contributed by atoms with Crippen molar-refractivity contribution < 1.29 is 4.74 Å². The third-order valence-electron chi connectivity index (χ3n) is 1.80. The van der Waals surface area contributed by atoms with Crippen LogP contribution in [-0.2, 0) is 0 Å². The Balaban J connectivity index is 2.26. The smallest absolute Gasteiger partial charge is 0.239 e. The van der Waals surface area contributed by atoms with Gasteiger partial charge in [-0.15, -0.1) is 0 Å². The zero-order valence-corrected chi connectivity index (χ0v) is 8.21. The van der Waals surface area contributed by atoms with Crippen LogP contribution in [0.1, 0.15) is 5.69 Å². The Labute approximate surface area is 87.0 Å². The maximum atomic E-state index is 5.48. The van der Waals surface area contributed by atoms with E-state index in [9.17, 15) is 0 Å². The van der Waals surface area contributed by atoms with Crippen molar-refractivity contribution in [1.82, 2.24) is 15.0 Å². The van der Waals surface area contributed by atoms with E-state index in [4.69, 9.17) is 10.5 Å². The molecule has 5 nitrogen and oxygen atoms in total. The molecule has 15 heavy (non-hydrogen) atoms. The zero-order valence-electron chi connectivity index (χ0n) is 8.21. The van der Waals surface area contributed by atoms with Gasteiger partial charge in [-0.25, -0.2) is 0 Å². The van der Waals surface area contributed by atoms with E-state index in [1.165, 1.54) is 12.4 Å². The molecule has 76 valence electrons. The van der Waals surface area contributed by atoms with Crippen molar-refractivity contribution in [2.75, 3.05) is 5.73 Å². The van der Waals surface area contributed by atoms with E-state index >= 15 is 0 Å². The normalized spacial score (nSPS) is 9.93. The number of aromatic nitrogens is 3. The zero-order chi connectivity index (χ0) is 10.7. The quantitative estimate of drug-likeness (QED) is 0.799. The molecule has 0 saturated heterocycles. The Morgan fingerprint density at radius 1 is 1.33 bits per heavy atom. The molecular weight excluding hydrogens is 192 g/mol. The monoisotopic (exact) mass is 202 g/mol. The second-order valence-corrected chi connectivity index (χ2v) is 2.97. The first-order valence-corrected chi connectivity index (χ1v) is 4.43. The van der Waals surface area contributed by atoms with Gasteiger partial charge >= 0.3 is 0 Å². The molecule has 0 atom stereocenters. The second-order valence-electron chi connectivity index (χ2n) is 2.97. The highest BCUT2D eigenvalue weighted by molar-refractivity contribution is 5.32. The SMILES string of the molecule is Cc1ncccc1Oc1cncc(N)n1. The summed E-state index contributed by atoms with van der Waals surface area (Å²) in [4.78, 5) is 11.9. The van der Waals surface area contributed by atoms with Gasteiger partial charge in [-0.3, -0.25) is 9.97 Å². The molecule has 5 heteroatoms. The number of nitrogens with two attached hydrogens (primary N) is 1. The minimum absolute atomic E-state index is 0.328. The van der Waals surface area contributed by atoms with Crippen LogP contribution in [0.15, 0.2) is 30.7 Å². The summed E-state index contributed by atoms with van der Waals surface area (Å²) >= 11 is 0.